The molecule has 2 aromatic rings. The molecule has 2 aliphatic rings. The zero-order chi connectivity index (χ0) is 23.2. The molecule has 11 heteroatoms. The lowest BCUT2D eigenvalue weighted by Gasteiger charge is -2.20. The highest BCUT2D eigenvalue weighted by Gasteiger charge is 2.38. The third-order valence-electron chi connectivity index (χ3n) is 4.93. The number of fused-ring (bicyclic) bond motifs is 1. The zero-order valence-corrected chi connectivity index (χ0v) is 19.5. The van der Waals surface area contributed by atoms with Crippen LogP contribution in [0.5, 0.6) is 5.75 Å². The highest BCUT2D eigenvalue weighted by Crippen LogP contribution is 2.32. The first-order chi connectivity index (χ1) is 15.1. The molecule has 0 fully saturated rings. The van der Waals surface area contributed by atoms with Crippen LogP contribution in [0.2, 0.25) is 0 Å². The number of aromatic nitrogens is 1. The van der Waals surface area contributed by atoms with Crippen molar-refractivity contribution >= 4 is 49.0 Å². The molecule has 0 radical (unpaired) electrons. The van der Waals surface area contributed by atoms with Crippen molar-refractivity contribution < 1.29 is 17.9 Å². The van der Waals surface area contributed by atoms with Crippen LogP contribution >= 0.6 is 11.8 Å². The third-order valence-corrected chi connectivity index (χ3v) is 7.51. The third kappa shape index (κ3) is 3.78. The minimum absolute atomic E-state index is 0.0335. The van der Waals surface area contributed by atoms with Crippen LogP contribution in [0.1, 0.15) is 23.9 Å². The standard InChI is InChI=1S/C21H21N5O4S2/c1-5-30-17-9-7-6-8-16(17)25-12(2)10-14(13(25)3)11-15-18(22)26-20(23-19(15)27)31-21(24-26)32(4,28)29/h6-11,22H,5H2,1-4H3/b15-11-,22-18?. The molecule has 0 unspecified atom stereocenters. The molecule has 1 aromatic heterocycles. The maximum atomic E-state index is 12.7. The monoisotopic (exact) mass is 471 g/mol. The summed E-state index contributed by atoms with van der Waals surface area (Å²) in [7, 11) is -3.58. The van der Waals surface area contributed by atoms with Gasteiger partial charge in [-0.2, -0.15) is 10.0 Å². The van der Waals surface area contributed by atoms with Gasteiger partial charge in [0, 0.05) is 17.6 Å². The summed E-state index contributed by atoms with van der Waals surface area (Å²) in [6.45, 7) is 6.32. The number of para-hydroxylation sites is 2. The number of carbonyl (C=O) groups is 1. The number of carbonyl (C=O) groups excluding carboxylic acids is 1. The molecular formula is C21H21N5O4S2. The number of nitrogens with one attached hydrogen (secondary N) is 1. The second-order valence-corrected chi connectivity index (χ2v) is 10.4. The van der Waals surface area contributed by atoms with Crippen molar-refractivity contribution in [3.63, 3.8) is 0 Å². The van der Waals surface area contributed by atoms with Gasteiger partial charge in [-0.1, -0.05) is 12.1 Å². The van der Waals surface area contributed by atoms with E-state index >= 15 is 0 Å². The van der Waals surface area contributed by atoms with Crippen LogP contribution in [0.25, 0.3) is 11.8 Å². The van der Waals surface area contributed by atoms with E-state index in [0.29, 0.717) is 6.61 Å². The summed E-state index contributed by atoms with van der Waals surface area (Å²) >= 11 is 0.762. The van der Waals surface area contributed by atoms with E-state index in [1.54, 1.807) is 6.08 Å². The summed E-state index contributed by atoms with van der Waals surface area (Å²) < 4.78 is 31.2. The maximum absolute atomic E-state index is 12.7. The number of aliphatic imine (C=N–C) groups is 1. The Kier molecular flexibility index (Phi) is 5.55. The van der Waals surface area contributed by atoms with Gasteiger partial charge in [-0.05, 0) is 62.4 Å². The number of nitrogens with zero attached hydrogens (tertiary/aromatic N) is 4. The number of benzene rings is 1. The topological polar surface area (TPSA) is 117 Å². The highest BCUT2D eigenvalue weighted by molar-refractivity contribution is 8.42. The van der Waals surface area contributed by atoms with E-state index in [9.17, 15) is 13.2 Å². The summed E-state index contributed by atoms with van der Waals surface area (Å²) in [5.74, 6) is -0.0904. The molecule has 1 N–H and O–H groups in total. The Morgan fingerprint density at radius 2 is 1.97 bits per heavy atom. The molecule has 0 saturated heterocycles. The number of thioether (sulfide) groups is 1. The summed E-state index contributed by atoms with van der Waals surface area (Å²) in [5.41, 5.74) is 3.42. The SMILES string of the molecule is CCOc1ccccc1-n1c(C)cc(/C=C2/C(=N)N3N=C(S(C)(=O)=O)SC3=NC2=O)c1C. The fraction of sp³-hybridized carbons (Fsp3) is 0.238. The number of amides is 1. The molecule has 9 nitrogen and oxygen atoms in total. The largest absolute Gasteiger partial charge is 0.492 e. The van der Waals surface area contributed by atoms with Gasteiger partial charge >= 0.3 is 0 Å². The first-order valence-electron chi connectivity index (χ1n) is 9.73. The molecule has 2 aliphatic heterocycles. The molecule has 0 spiro atoms. The lowest BCUT2D eigenvalue weighted by Crippen LogP contribution is -2.35. The van der Waals surface area contributed by atoms with Gasteiger partial charge in [0.05, 0.1) is 17.9 Å². The van der Waals surface area contributed by atoms with E-state index in [-0.39, 0.29) is 21.0 Å². The highest BCUT2D eigenvalue weighted by atomic mass is 32.3. The molecule has 0 saturated carbocycles. The molecule has 1 amide bonds. The Balaban J connectivity index is 1.77. The van der Waals surface area contributed by atoms with Crippen molar-refractivity contribution in [3.8, 4) is 11.4 Å². The van der Waals surface area contributed by atoms with Gasteiger partial charge in [0.15, 0.2) is 5.84 Å². The predicted octanol–water partition coefficient (Wildman–Crippen LogP) is 3.11. The number of rotatable bonds is 4. The zero-order valence-electron chi connectivity index (χ0n) is 17.9. The van der Waals surface area contributed by atoms with Crippen molar-refractivity contribution in [1.82, 2.24) is 9.58 Å². The van der Waals surface area contributed by atoms with Gasteiger partial charge in [0.2, 0.25) is 19.4 Å². The normalized spacial score (nSPS) is 17.5. The van der Waals surface area contributed by atoms with Gasteiger partial charge < -0.3 is 9.30 Å². The number of hydrogen-bond acceptors (Lipinski definition) is 7. The fourth-order valence-electron chi connectivity index (χ4n) is 3.50. The summed E-state index contributed by atoms with van der Waals surface area (Å²) in [6, 6.07) is 9.59. The molecule has 0 atom stereocenters. The predicted molar refractivity (Wildman–Crippen MR) is 126 cm³/mol. The molecule has 0 aliphatic carbocycles. The van der Waals surface area contributed by atoms with Gasteiger partial charge in [0.25, 0.3) is 5.91 Å². The number of sulfone groups is 1. The maximum Gasteiger partial charge on any atom is 0.283 e. The molecule has 32 heavy (non-hydrogen) atoms. The summed E-state index contributed by atoms with van der Waals surface area (Å²) in [4.78, 5) is 16.6. The van der Waals surface area contributed by atoms with E-state index < -0.39 is 15.7 Å². The van der Waals surface area contributed by atoms with Crippen molar-refractivity contribution in [2.75, 3.05) is 12.9 Å². The smallest absolute Gasteiger partial charge is 0.283 e. The Morgan fingerprint density at radius 3 is 2.66 bits per heavy atom. The fourth-order valence-corrected chi connectivity index (χ4v) is 5.19. The average molecular weight is 472 g/mol. The lowest BCUT2D eigenvalue weighted by atomic mass is 10.1. The number of hydrogen-bond donors (Lipinski definition) is 1. The number of aryl methyl sites for hydroxylation is 1. The average Bonchev–Trinajstić information content (AvgIpc) is 3.27. The summed E-state index contributed by atoms with van der Waals surface area (Å²) in [5, 5.41) is 13.6. The molecule has 0 bridgehead atoms. The van der Waals surface area contributed by atoms with Crippen LogP contribution in [-0.4, -0.2) is 52.1 Å². The number of hydrazone groups is 1. The molecular weight excluding hydrogens is 450 g/mol. The van der Waals surface area contributed by atoms with Crippen LogP contribution in [-0.2, 0) is 14.6 Å². The molecule has 3 heterocycles. The van der Waals surface area contributed by atoms with Gasteiger partial charge in [-0.25, -0.2) is 8.42 Å². The molecule has 4 rings (SSSR count). The Morgan fingerprint density at radius 1 is 1.25 bits per heavy atom. The van der Waals surface area contributed by atoms with Crippen LogP contribution < -0.4 is 4.74 Å². The second-order valence-electron chi connectivity index (χ2n) is 7.22. The Hall–Kier alpha value is -3.18. The van der Waals surface area contributed by atoms with Gasteiger partial charge in [0.1, 0.15) is 5.75 Å². The van der Waals surface area contributed by atoms with Gasteiger partial charge in [-0.15, -0.1) is 5.10 Å². The Bertz CT molecular complexity index is 1350. The van der Waals surface area contributed by atoms with E-state index in [2.05, 4.69) is 10.1 Å². The van der Waals surface area contributed by atoms with Crippen LogP contribution in [0, 0.1) is 19.3 Å². The first kappa shape index (κ1) is 22.0. The van der Waals surface area contributed by atoms with E-state index in [1.807, 2.05) is 55.7 Å². The van der Waals surface area contributed by atoms with E-state index in [0.717, 1.165) is 51.4 Å². The van der Waals surface area contributed by atoms with Crippen molar-refractivity contribution in [3.05, 3.63) is 52.9 Å². The number of ether oxygens (including phenoxy) is 1. The molecule has 166 valence electrons. The van der Waals surface area contributed by atoms with Crippen molar-refractivity contribution in [1.29, 1.82) is 5.41 Å². The minimum Gasteiger partial charge on any atom is -0.492 e. The second kappa shape index (κ2) is 8.06. The van der Waals surface area contributed by atoms with E-state index in [4.69, 9.17) is 10.1 Å². The van der Waals surface area contributed by atoms with E-state index in [1.165, 1.54) is 0 Å². The lowest BCUT2D eigenvalue weighted by molar-refractivity contribution is -0.114. The van der Waals surface area contributed by atoms with Crippen molar-refractivity contribution in [2.45, 2.75) is 20.8 Å². The quantitative estimate of drug-likeness (QED) is 0.685. The van der Waals surface area contributed by atoms with Crippen LogP contribution in [0.3, 0.4) is 0 Å². The van der Waals surface area contributed by atoms with Crippen molar-refractivity contribution in [2.24, 2.45) is 10.1 Å². The van der Waals surface area contributed by atoms with Crippen LogP contribution in [0.4, 0.5) is 0 Å². The Labute approximate surface area is 189 Å². The van der Waals surface area contributed by atoms with Crippen LogP contribution in [0.15, 0.2) is 46.0 Å². The minimum atomic E-state index is -3.58. The first-order valence-corrected chi connectivity index (χ1v) is 12.4. The summed E-state index contributed by atoms with van der Waals surface area (Å²) in [6.07, 6.45) is 2.61. The number of amidine groups is 2. The van der Waals surface area contributed by atoms with Gasteiger partial charge in [-0.3, -0.25) is 10.2 Å². The molecule has 1 aromatic carbocycles.